The van der Waals surface area contributed by atoms with E-state index < -0.39 is 0 Å². The lowest BCUT2D eigenvalue weighted by molar-refractivity contribution is -0.122. The van der Waals surface area contributed by atoms with Crippen molar-refractivity contribution in [1.29, 1.82) is 0 Å². The summed E-state index contributed by atoms with van der Waals surface area (Å²) >= 11 is 5.78. The van der Waals surface area contributed by atoms with E-state index in [0.29, 0.717) is 11.4 Å². The lowest BCUT2D eigenvalue weighted by Crippen LogP contribution is -2.30. The van der Waals surface area contributed by atoms with Gasteiger partial charge in [0, 0.05) is 11.4 Å². The van der Waals surface area contributed by atoms with Crippen molar-refractivity contribution in [2.75, 3.05) is 6.61 Å². The van der Waals surface area contributed by atoms with Gasteiger partial charge in [0.25, 0.3) is 0 Å². The molecule has 1 atom stereocenters. The van der Waals surface area contributed by atoms with Crippen LogP contribution in [0.15, 0.2) is 24.3 Å². The number of nitrogens with one attached hydrogen (secondary N) is 1. The lowest BCUT2D eigenvalue weighted by Gasteiger charge is -2.16. The number of benzene rings is 1. The van der Waals surface area contributed by atoms with E-state index >= 15 is 0 Å². The molecule has 4 heteroatoms. The Morgan fingerprint density at radius 1 is 1.41 bits per heavy atom. The fourth-order valence-electron chi connectivity index (χ4n) is 1.53. The molecule has 0 fully saturated rings. The number of halogens is 1. The Balaban J connectivity index is 2.59. The number of aliphatic hydroxyl groups is 1. The van der Waals surface area contributed by atoms with Crippen LogP contribution in [0.3, 0.4) is 0 Å². The van der Waals surface area contributed by atoms with Gasteiger partial charge in [0.2, 0.25) is 5.91 Å². The van der Waals surface area contributed by atoms with Crippen LogP contribution in [0.5, 0.6) is 0 Å². The highest BCUT2D eigenvalue weighted by Gasteiger charge is 2.12. The van der Waals surface area contributed by atoms with E-state index in [1.165, 1.54) is 0 Å². The van der Waals surface area contributed by atoms with Gasteiger partial charge in [-0.25, -0.2) is 0 Å². The number of carbonyl (C=O) groups is 1. The lowest BCUT2D eigenvalue weighted by atomic mass is 10.1. The van der Waals surface area contributed by atoms with E-state index in [1.807, 2.05) is 19.1 Å². The van der Waals surface area contributed by atoms with Crippen LogP contribution < -0.4 is 5.32 Å². The molecular formula is C13H18ClNO2. The first-order chi connectivity index (χ1) is 8.17. The Hall–Kier alpha value is -1.06. The van der Waals surface area contributed by atoms with Gasteiger partial charge in [-0.1, -0.05) is 37.1 Å². The fraction of sp³-hybridized carbons (Fsp3) is 0.462. The number of carbonyl (C=O) groups excluding carboxylic acids is 1. The molecule has 94 valence electrons. The van der Waals surface area contributed by atoms with Gasteiger partial charge in [-0.15, -0.1) is 0 Å². The van der Waals surface area contributed by atoms with E-state index in [-0.39, 0.29) is 18.6 Å². The SMILES string of the molecule is CCCCC(=O)NC(CO)c1ccc(Cl)cc1. The number of hydrogen-bond donors (Lipinski definition) is 2. The molecule has 0 aliphatic rings. The summed E-state index contributed by atoms with van der Waals surface area (Å²) in [5, 5.41) is 12.7. The molecule has 0 bridgehead atoms. The average Bonchev–Trinajstić information content (AvgIpc) is 2.34. The van der Waals surface area contributed by atoms with Crippen LogP contribution in [0.2, 0.25) is 5.02 Å². The first kappa shape index (κ1) is 14.0. The van der Waals surface area contributed by atoms with Crippen molar-refractivity contribution in [3.8, 4) is 0 Å². The van der Waals surface area contributed by atoms with Gasteiger partial charge in [0.05, 0.1) is 12.6 Å². The first-order valence-corrected chi connectivity index (χ1v) is 6.20. The van der Waals surface area contributed by atoms with Crippen molar-refractivity contribution in [1.82, 2.24) is 5.32 Å². The van der Waals surface area contributed by atoms with Crippen molar-refractivity contribution < 1.29 is 9.90 Å². The van der Waals surface area contributed by atoms with Gasteiger partial charge < -0.3 is 10.4 Å². The zero-order valence-corrected chi connectivity index (χ0v) is 10.7. The molecule has 17 heavy (non-hydrogen) atoms. The third-order valence-electron chi connectivity index (χ3n) is 2.55. The summed E-state index contributed by atoms with van der Waals surface area (Å²) in [6, 6.07) is 6.76. The van der Waals surface area contributed by atoms with E-state index in [2.05, 4.69) is 5.32 Å². The maximum absolute atomic E-state index is 11.6. The molecule has 2 N–H and O–H groups in total. The second kappa shape index (κ2) is 7.30. The maximum atomic E-state index is 11.6. The number of rotatable bonds is 6. The molecule has 3 nitrogen and oxygen atoms in total. The predicted molar refractivity (Wildman–Crippen MR) is 68.9 cm³/mol. The molecule has 0 heterocycles. The van der Waals surface area contributed by atoms with Gasteiger partial charge in [-0.3, -0.25) is 4.79 Å². The molecule has 1 unspecified atom stereocenters. The Bertz CT molecular complexity index is 351. The van der Waals surface area contributed by atoms with Crippen molar-refractivity contribution in [2.45, 2.75) is 32.2 Å². The molecule has 1 aromatic carbocycles. The zero-order valence-electron chi connectivity index (χ0n) is 9.95. The monoisotopic (exact) mass is 255 g/mol. The average molecular weight is 256 g/mol. The Morgan fingerprint density at radius 2 is 2.06 bits per heavy atom. The second-order valence-electron chi connectivity index (χ2n) is 3.96. The molecule has 0 aliphatic heterocycles. The second-order valence-corrected chi connectivity index (χ2v) is 4.39. The van der Waals surface area contributed by atoms with Crippen LogP contribution in [0, 0.1) is 0 Å². The Kier molecular flexibility index (Phi) is 6.01. The minimum absolute atomic E-state index is 0.0270. The summed E-state index contributed by atoms with van der Waals surface area (Å²) < 4.78 is 0. The molecular weight excluding hydrogens is 238 g/mol. The largest absolute Gasteiger partial charge is 0.394 e. The number of unbranched alkanes of at least 4 members (excludes halogenated alkanes) is 1. The van der Waals surface area contributed by atoms with Gasteiger partial charge in [-0.05, 0) is 24.1 Å². The number of hydrogen-bond acceptors (Lipinski definition) is 2. The fourth-order valence-corrected chi connectivity index (χ4v) is 1.66. The van der Waals surface area contributed by atoms with Gasteiger partial charge in [0.1, 0.15) is 0 Å². The molecule has 0 aromatic heterocycles. The third-order valence-corrected chi connectivity index (χ3v) is 2.80. The van der Waals surface area contributed by atoms with Crippen molar-refractivity contribution in [2.24, 2.45) is 0 Å². The van der Waals surface area contributed by atoms with Crippen LogP contribution >= 0.6 is 11.6 Å². The summed E-state index contributed by atoms with van der Waals surface area (Å²) in [6.45, 7) is 1.93. The summed E-state index contributed by atoms with van der Waals surface area (Å²) in [5.74, 6) is -0.0270. The summed E-state index contributed by atoms with van der Waals surface area (Å²) in [5.41, 5.74) is 0.863. The molecule has 0 saturated heterocycles. The molecule has 1 rings (SSSR count). The smallest absolute Gasteiger partial charge is 0.220 e. The van der Waals surface area contributed by atoms with Crippen LogP contribution in [0.1, 0.15) is 37.8 Å². The zero-order chi connectivity index (χ0) is 12.7. The molecule has 0 aliphatic carbocycles. The molecule has 0 spiro atoms. The highest BCUT2D eigenvalue weighted by Crippen LogP contribution is 2.16. The van der Waals surface area contributed by atoms with Crippen LogP contribution in [0.4, 0.5) is 0 Å². The predicted octanol–water partition coefficient (Wildman–Crippen LogP) is 2.68. The Labute approximate surface area is 107 Å². The summed E-state index contributed by atoms with van der Waals surface area (Å²) in [7, 11) is 0. The number of aliphatic hydroxyl groups excluding tert-OH is 1. The first-order valence-electron chi connectivity index (χ1n) is 5.83. The summed E-state index contributed by atoms with van der Waals surface area (Å²) in [6.07, 6.45) is 2.35. The minimum atomic E-state index is -0.350. The number of amides is 1. The van der Waals surface area contributed by atoms with Gasteiger partial charge in [0.15, 0.2) is 0 Å². The normalized spacial score (nSPS) is 12.2. The molecule has 0 radical (unpaired) electrons. The van der Waals surface area contributed by atoms with Crippen molar-refractivity contribution in [3.63, 3.8) is 0 Å². The highest BCUT2D eigenvalue weighted by molar-refractivity contribution is 6.30. The highest BCUT2D eigenvalue weighted by atomic mass is 35.5. The molecule has 1 aromatic rings. The van der Waals surface area contributed by atoms with Crippen LogP contribution in [-0.4, -0.2) is 17.6 Å². The van der Waals surface area contributed by atoms with Crippen molar-refractivity contribution in [3.05, 3.63) is 34.9 Å². The van der Waals surface area contributed by atoms with Gasteiger partial charge in [-0.2, -0.15) is 0 Å². The minimum Gasteiger partial charge on any atom is -0.394 e. The van der Waals surface area contributed by atoms with E-state index in [1.54, 1.807) is 12.1 Å². The Morgan fingerprint density at radius 3 is 2.59 bits per heavy atom. The standard InChI is InChI=1S/C13H18ClNO2/c1-2-3-4-13(17)15-12(9-16)10-5-7-11(14)8-6-10/h5-8,12,16H,2-4,9H2,1H3,(H,15,17). The van der Waals surface area contributed by atoms with E-state index in [0.717, 1.165) is 18.4 Å². The summed E-state index contributed by atoms with van der Waals surface area (Å²) in [4.78, 5) is 11.6. The van der Waals surface area contributed by atoms with Gasteiger partial charge >= 0.3 is 0 Å². The van der Waals surface area contributed by atoms with Crippen LogP contribution in [0.25, 0.3) is 0 Å². The quantitative estimate of drug-likeness (QED) is 0.821. The maximum Gasteiger partial charge on any atom is 0.220 e. The van der Waals surface area contributed by atoms with E-state index in [4.69, 9.17) is 11.6 Å². The topological polar surface area (TPSA) is 49.3 Å². The van der Waals surface area contributed by atoms with Crippen molar-refractivity contribution >= 4 is 17.5 Å². The third kappa shape index (κ3) is 4.75. The van der Waals surface area contributed by atoms with E-state index in [9.17, 15) is 9.90 Å². The molecule has 0 saturated carbocycles. The van der Waals surface area contributed by atoms with Crippen LogP contribution in [-0.2, 0) is 4.79 Å². The molecule has 1 amide bonds.